The average molecular weight is 820 g/mol. The van der Waals surface area contributed by atoms with E-state index in [1.54, 1.807) is 41.3 Å². The molecule has 6 amide bonds. The highest BCUT2D eigenvalue weighted by atomic mass is 16.5. The molecule has 1 saturated heterocycles. The first-order chi connectivity index (χ1) is 29.6. The Bertz CT molecular complexity index is 2590. The number of hydrogen-bond acceptors (Lipinski definition) is 11. The van der Waals surface area contributed by atoms with E-state index in [9.17, 15) is 28.8 Å². The maximum atomic E-state index is 13.9. The van der Waals surface area contributed by atoms with Crippen LogP contribution in [0.5, 0.6) is 5.75 Å². The molecule has 0 radical (unpaired) electrons. The molecule has 16 nitrogen and oxygen atoms in total. The molecule has 3 N–H and O–H groups in total. The van der Waals surface area contributed by atoms with Crippen molar-refractivity contribution in [1.82, 2.24) is 40.8 Å². The van der Waals surface area contributed by atoms with Crippen LogP contribution in [-0.2, 0) is 31.0 Å². The maximum Gasteiger partial charge on any atom is 0.266 e. The number of benzene rings is 3. The number of ether oxygens (including phenoxy) is 1. The van der Waals surface area contributed by atoms with Crippen molar-refractivity contribution in [3.05, 3.63) is 125 Å². The van der Waals surface area contributed by atoms with Gasteiger partial charge in [-0.1, -0.05) is 41.6 Å². The summed E-state index contributed by atoms with van der Waals surface area (Å²) in [6.45, 7) is 2.33. The lowest BCUT2D eigenvalue weighted by molar-refractivity contribution is -0.136. The molecule has 2 aromatic heterocycles. The highest BCUT2D eigenvalue weighted by Gasteiger charge is 2.54. The number of fused-ring (bicyclic) bond motifs is 1. The van der Waals surface area contributed by atoms with Crippen molar-refractivity contribution in [2.75, 3.05) is 13.2 Å². The fraction of sp³-hybridized carbons (Fsp3) is 0.289. The molecule has 308 valence electrons. The zero-order chi connectivity index (χ0) is 42.7. The second kappa shape index (κ2) is 17.0. The number of piperidine rings is 1. The Balaban J connectivity index is 0.898. The number of carbonyl (C=O) groups is 6. The Kier molecular flexibility index (Phi) is 11.2. The molecule has 3 aromatic carbocycles. The van der Waals surface area contributed by atoms with E-state index in [0.29, 0.717) is 42.6 Å². The molecule has 5 aromatic rings. The number of rotatable bonds is 15. The number of nitrogens with zero attached hydrogens (tertiary/aromatic N) is 6. The minimum absolute atomic E-state index is 0.0165. The third-order valence-electron chi connectivity index (χ3n) is 11.3. The number of nitrogens with one attached hydrogen (secondary N) is 3. The summed E-state index contributed by atoms with van der Waals surface area (Å²) in [5.74, 6) is -2.91. The highest BCUT2D eigenvalue weighted by molar-refractivity contribution is 6.24. The van der Waals surface area contributed by atoms with E-state index in [0.717, 1.165) is 27.3 Å². The van der Waals surface area contributed by atoms with Gasteiger partial charge >= 0.3 is 0 Å². The summed E-state index contributed by atoms with van der Waals surface area (Å²) in [4.78, 5) is 83.9. The molecule has 1 aliphatic carbocycles. The Labute approximate surface area is 350 Å². The molecular formula is C45H41N9O7. The number of imide groups is 2. The quantitative estimate of drug-likeness (QED) is 0.102. The number of unbranched alkanes of at least 4 members (excludes halogenated alkanes) is 1. The van der Waals surface area contributed by atoms with Crippen molar-refractivity contribution in [3.8, 4) is 28.6 Å². The van der Waals surface area contributed by atoms with Crippen molar-refractivity contribution < 1.29 is 33.5 Å². The Hall–Kier alpha value is -7.54. The van der Waals surface area contributed by atoms with Crippen LogP contribution in [0.3, 0.4) is 0 Å². The molecule has 2 fully saturated rings. The van der Waals surface area contributed by atoms with Gasteiger partial charge in [-0.05, 0) is 98.2 Å². The normalized spacial score (nSPS) is 16.9. The third-order valence-corrected chi connectivity index (χ3v) is 11.3. The summed E-state index contributed by atoms with van der Waals surface area (Å²) in [6, 6.07) is 23.5. The zero-order valence-electron chi connectivity index (χ0n) is 33.2. The summed E-state index contributed by atoms with van der Waals surface area (Å²) >= 11 is 0. The second-order valence-electron chi connectivity index (χ2n) is 15.3. The van der Waals surface area contributed by atoms with Crippen LogP contribution in [0, 0.1) is 18.3 Å². The van der Waals surface area contributed by atoms with Gasteiger partial charge in [-0.2, -0.15) is 5.26 Å². The van der Waals surface area contributed by atoms with Crippen LogP contribution in [0.2, 0.25) is 0 Å². The van der Waals surface area contributed by atoms with E-state index < -0.39 is 47.0 Å². The van der Waals surface area contributed by atoms with Crippen LogP contribution in [0.1, 0.15) is 81.8 Å². The smallest absolute Gasteiger partial charge is 0.266 e. The summed E-state index contributed by atoms with van der Waals surface area (Å²) in [5.41, 5.74) is 4.70. The number of nitriles is 1. The molecule has 3 aliphatic rings. The van der Waals surface area contributed by atoms with Crippen LogP contribution in [-0.4, -0.2) is 85.6 Å². The van der Waals surface area contributed by atoms with E-state index in [4.69, 9.17) is 10.00 Å². The summed E-state index contributed by atoms with van der Waals surface area (Å²) in [7, 11) is 0. The van der Waals surface area contributed by atoms with Crippen molar-refractivity contribution >= 4 is 35.4 Å². The molecule has 8 rings (SSSR count). The number of amides is 6. The van der Waals surface area contributed by atoms with E-state index in [-0.39, 0.29) is 55.2 Å². The van der Waals surface area contributed by atoms with E-state index >= 15 is 0 Å². The van der Waals surface area contributed by atoms with E-state index in [1.807, 2.05) is 55.5 Å². The number of aromatic nitrogens is 4. The fourth-order valence-corrected chi connectivity index (χ4v) is 7.81. The largest absolute Gasteiger partial charge is 0.493 e. The second-order valence-corrected chi connectivity index (χ2v) is 15.3. The Morgan fingerprint density at radius 2 is 1.72 bits per heavy atom. The fourth-order valence-electron chi connectivity index (χ4n) is 7.81. The molecule has 2 unspecified atom stereocenters. The van der Waals surface area contributed by atoms with Gasteiger partial charge in [0.1, 0.15) is 17.8 Å². The Morgan fingerprint density at radius 3 is 2.43 bits per heavy atom. The molecule has 61 heavy (non-hydrogen) atoms. The molecule has 0 spiro atoms. The first-order valence-electron chi connectivity index (χ1n) is 20.1. The summed E-state index contributed by atoms with van der Waals surface area (Å²) in [5, 5.41) is 25.9. The number of pyridine rings is 1. The zero-order valence-corrected chi connectivity index (χ0v) is 33.2. The number of hydrogen-bond donors (Lipinski definition) is 3. The lowest BCUT2D eigenvalue weighted by Gasteiger charge is -2.27. The monoisotopic (exact) mass is 819 g/mol. The average Bonchev–Trinajstić information content (AvgIpc) is 3.88. The SMILES string of the molecule is Cc1cccnc1C1(C(=O)NC(Cc2cn(-c3ccc(-c4ccc(C#N)cc4)cc3)nn2)C(=O)NCCCCOc2cccc3c2C(=O)N(C2CCC(=O)NC2=O)C3=O)CC1. The predicted octanol–water partition coefficient (Wildman–Crippen LogP) is 3.65. The van der Waals surface area contributed by atoms with E-state index in [2.05, 4.69) is 37.3 Å². The van der Waals surface area contributed by atoms with Crippen LogP contribution >= 0.6 is 0 Å². The molecular weight excluding hydrogens is 779 g/mol. The lowest BCUT2D eigenvalue weighted by Crippen LogP contribution is -2.54. The topological polar surface area (TPSA) is 218 Å². The van der Waals surface area contributed by atoms with Gasteiger partial charge < -0.3 is 15.4 Å². The lowest BCUT2D eigenvalue weighted by atomic mass is 9.96. The van der Waals surface area contributed by atoms with Crippen molar-refractivity contribution in [2.45, 2.75) is 69.4 Å². The molecule has 0 bridgehead atoms. The molecule has 1 saturated carbocycles. The highest BCUT2D eigenvalue weighted by Crippen LogP contribution is 2.48. The van der Waals surface area contributed by atoms with Crippen molar-refractivity contribution in [2.24, 2.45) is 0 Å². The van der Waals surface area contributed by atoms with Crippen molar-refractivity contribution in [3.63, 3.8) is 0 Å². The number of aryl methyl sites for hydroxylation is 1. The standard InChI is InChI=1S/C45H41N9O7/c1-27-6-5-22-47-39(27)45(19-20-45)44(60)49-34(24-31-26-53(52-51-31)32-15-13-30(14-16-32)29-11-9-28(25-46)10-12-29)40(56)48-21-2-3-23-61-36-8-4-7-33-38(36)43(59)54(42(33)58)35-17-18-37(55)50-41(35)57/h4-16,22,26,34-35H,2-3,17-21,23-24H2,1H3,(H,48,56)(H,49,60)(H,50,55,57). The predicted molar refractivity (Wildman–Crippen MR) is 218 cm³/mol. The van der Waals surface area contributed by atoms with Gasteiger partial charge in [0.25, 0.3) is 11.8 Å². The minimum atomic E-state index is -1.09. The molecule has 2 aliphatic heterocycles. The summed E-state index contributed by atoms with van der Waals surface area (Å²) < 4.78 is 7.55. The minimum Gasteiger partial charge on any atom is -0.493 e. The third kappa shape index (κ3) is 8.22. The first kappa shape index (κ1) is 40.2. The van der Waals surface area contributed by atoms with Crippen LogP contribution in [0.4, 0.5) is 0 Å². The van der Waals surface area contributed by atoms with Gasteiger partial charge in [0.05, 0.1) is 58.1 Å². The van der Waals surface area contributed by atoms with E-state index in [1.165, 1.54) is 6.07 Å². The van der Waals surface area contributed by atoms with Gasteiger partial charge in [0, 0.05) is 25.6 Å². The van der Waals surface area contributed by atoms with Gasteiger partial charge in [-0.3, -0.25) is 44.0 Å². The van der Waals surface area contributed by atoms with Gasteiger partial charge in [-0.25, -0.2) is 4.68 Å². The van der Waals surface area contributed by atoms with Gasteiger partial charge in [0.2, 0.25) is 23.6 Å². The maximum absolute atomic E-state index is 13.9. The summed E-state index contributed by atoms with van der Waals surface area (Å²) in [6.07, 6.45) is 5.70. The molecule has 2 atom stereocenters. The van der Waals surface area contributed by atoms with Crippen LogP contribution < -0.4 is 20.7 Å². The molecule has 4 heterocycles. The Morgan fingerprint density at radius 1 is 0.967 bits per heavy atom. The van der Waals surface area contributed by atoms with Gasteiger partial charge in [-0.15, -0.1) is 5.10 Å². The van der Waals surface area contributed by atoms with Crippen molar-refractivity contribution in [1.29, 1.82) is 5.26 Å². The first-order valence-corrected chi connectivity index (χ1v) is 20.1. The van der Waals surface area contributed by atoms with Crippen LogP contribution in [0.15, 0.2) is 91.3 Å². The van der Waals surface area contributed by atoms with Crippen LogP contribution in [0.25, 0.3) is 16.8 Å². The number of carbonyl (C=O) groups excluding carboxylic acids is 6. The van der Waals surface area contributed by atoms with Gasteiger partial charge in [0.15, 0.2) is 0 Å². The molecule has 16 heteroatoms.